The van der Waals surface area contributed by atoms with Gasteiger partial charge in [0.1, 0.15) is 6.10 Å². The summed E-state index contributed by atoms with van der Waals surface area (Å²) in [4.78, 5) is 5.84. The van der Waals surface area contributed by atoms with Gasteiger partial charge in [0.2, 0.25) is 5.88 Å². The summed E-state index contributed by atoms with van der Waals surface area (Å²) in [5, 5.41) is 10.00. The minimum absolute atomic E-state index is 0.319. The molecule has 0 unspecified atom stereocenters. The average molecular weight is 346 g/mol. The second kappa shape index (κ2) is 5.55. The van der Waals surface area contributed by atoms with Crippen LogP contribution in [0.4, 0.5) is 0 Å². The minimum atomic E-state index is 0.319. The molecule has 7 rings (SSSR count). The number of H-pyrrole nitrogens is 1. The number of piperidine rings is 3. The van der Waals surface area contributed by atoms with Crippen molar-refractivity contribution in [2.75, 3.05) is 19.6 Å². The van der Waals surface area contributed by atoms with Crippen LogP contribution in [0.5, 0.6) is 5.88 Å². The van der Waals surface area contributed by atoms with E-state index in [0.717, 1.165) is 22.7 Å². The number of nitrogens with zero attached hydrogens (tertiary/aromatic N) is 3. The number of rotatable bonds is 3. The molecule has 1 aliphatic carbocycles. The van der Waals surface area contributed by atoms with E-state index in [4.69, 9.17) is 4.74 Å². The Hall–Kier alpha value is -2.40. The van der Waals surface area contributed by atoms with Gasteiger partial charge in [0, 0.05) is 60.2 Å². The maximum atomic E-state index is 6.33. The van der Waals surface area contributed by atoms with E-state index in [1.807, 2.05) is 18.3 Å². The van der Waals surface area contributed by atoms with Gasteiger partial charge in [-0.15, -0.1) is 10.2 Å². The Kier molecular flexibility index (Phi) is 3.14. The molecule has 3 saturated heterocycles. The molecule has 4 aliphatic rings. The van der Waals surface area contributed by atoms with Gasteiger partial charge >= 0.3 is 0 Å². The van der Waals surface area contributed by atoms with Gasteiger partial charge in [-0.25, -0.2) is 0 Å². The first-order valence-electron chi connectivity index (χ1n) is 9.62. The first-order valence-corrected chi connectivity index (χ1v) is 9.62. The number of nitrogens with one attached hydrogen (secondary N) is 1. The van der Waals surface area contributed by atoms with Crippen LogP contribution in [0, 0.1) is 17.8 Å². The summed E-state index contributed by atoms with van der Waals surface area (Å²) < 4.78 is 6.33. The number of fused-ring (bicyclic) bond motifs is 1. The lowest BCUT2D eigenvalue weighted by atomic mass is 9.66. The summed E-state index contributed by atoms with van der Waals surface area (Å²) in [6.07, 6.45) is 4.91. The van der Waals surface area contributed by atoms with Gasteiger partial charge < -0.3 is 14.6 Å². The lowest BCUT2D eigenvalue weighted by Gasteiger charge is -2.55. The lowest BCUT2D eigenvalue weighted by molar-refractivity contribution is -0.0999. The number of aromatic amines is 1. The molecule has 5 heterocycles. The van der Waals surface area contributed by atoms with Crippen LogP contribution in [-0.4, -0.2) is 45.8 Å². The maximum absolute atomic E-state index is 6.33. The number of benzene rings is 1. The Bertz CT molecular complexity index is 920. The molecule has 132 valence electrons. The van der Waals surface area contributed by atoms with Crippen molar-refractivity contribution in [3.05, 3.63) is 42.6 Å². The predicted molar refractivity (Wildman–Crippen MR) is 99.9 cm³/mol. The van der Waals surface area contributed by atoms with Crippen LogP contribution >= 0.6 is 0 Å². The summed E-state index contributed by atoms with van der Waals surface area (Å²) >= 11 is 0. The van der Waals surface area contributed by atoms with Crippen LogP contribution < -0.4 is 4.74 Å². The number of hydrogen-bond donors (Lipinski definition) is 1. The first-order chi connectivity index (χ1) is 12.8. The lowest BCUT2D eigenvalue weighted by Crippen LogP contribution is -2.61. The topological polar surface area (TPSA) is 54.0 Å². The fourth-order valence-electron chi connectivity index (χ4n) is 5.44. The second-order valence-corrected chi connectivity index (χ2v) is 8.20. The molecule has 5 nitrogen and oxygen atoms in total. The summed E-state index contributed by atoms with van der Waals surface area (Å²) in [5.41, 5.74) is 3.11. The fourth-order valence-corrected chi connectivity index (χ4v) is 5.44. The summed E-state index contributed by atoms with van der Waals surface area (Å²) in [7, 11) is 0. The van der Waals surface area contributed by atoms with Gasteiger partial charge in [0.05, 0.1) is 5.69 Å². The molecular weight excluding hydrogens is 324 g/mol. The van der Waals surface area contributed by atoms with Gasteiger partial charge in [-0.1, -0.05) is 6.07 Å². The number of aromatic nitrogens is 3. The molecule has 0 radical (unpaired) electrons. The van der Waals surface area contributed by atoms with E-state index in [2.05, 4.69) is 44.3 Å². The molecule has 2 aromatic heterocycles. The van der Waals surface area contributed by atoms with Crippen molar-refractivity contribution in [1.82, 2.24) is 20.1 Å². The third-order valence-corrected chi connectivity index (χ3v) is 6.45. The molecule has 5 heteroatoms. The molecule has 26 heavy (non-hydrogen) atoms. The zero-order valence-corrected chi connectivity index (χ0v) is 14.6. The van der Waals surface area contributed by atoms with Gasteiger partial charge in [-0.2, -0.15) is 0 Å². The monoisotopic (exact) mass is 346 g/mol. The highest BCUT2D eigenvalue weighted by Crippen LogP contribution is 2.44. The summed E-state index contributed by atoms with van der Waals surface area (Å²) in [5.74, 6) is 2.89. The standard InChI is InChI=1S/C21H22N4O/c1-2-18-15(5-6-22-18)9-14(1)19-3-4-20(24-23-19)26-21-16-7-13-8-17(21)12-25(10-13)11-16/h1-6,9,13,16-17,21-22H,7-8,10-12H2/t13?,16-,17-,21?/m1/s1. The van der Waals surface area contributed by atoms with Crippen molar-refractivity contribution in [2.24, 2.45) is 17.8 Å². The molecule has 1 N–H and O–H groups in total. The zero-order chi connectivity index (χ0) is 17.1. The molecule has 4 bridgehead atoms. The molecule has 3 aromatic rings. The Morgan fingerprint density at radius 2 is 1.85 bits per heavy atom. The maximum Gasteiger partial charge on any atom is 0.233 e. The fraction of sp³-hybridized carbons (Fsp3) is 0.429. The summed E-state index contributed by atoms with van der Waals surface area (Å²) in [6.45, 7) is 3.69. The predicted octanol–water partition coefficient (Wildman–Crippen LogP) is 3.34. The van der Waals surface area contributed by atoms with Crippen LogP contribution in [0.15, 0.2) is 42.6 Å². The number of hydrogen-bond acceptors (Lipinski definition) is 4. The van der Waals surface area contributed by atoms with Crippen LogP contribution in [0.25, 0.3) is 22.2 Å². The second-order valence-electron chi connectivity index (χ2n) is 8.20. The highest BCUT2D eigenvalue weighted by molar-refractivity contribution is 5.84. The van der Waals surface area contributed by atoms with E-state index in [-0.39, 0.29) is 0 Å². The van der Waals surface area contributed by atoms with E-state index >= 15 is 0 Å². The minimum Gasteiger partial charge on any atom is -0.473 e. The van der Waals surface area contributed by atoms with Gasteiger partial charge in [0.15, 0.2) is 0 Å². The largest absolute Gasteiger partial charge is 0.473 e. The molecule has 4 fully saturated rings. The smallest absolute Gasteiger partial charge is 0.233 e. The van der Waals surface area contributed by atoms with Crippen LogP contribution in [-0.2, 0) is 0 Å². The van der Waals surface area contributed by atoms with Gasteiger partial charge in [0.25, 0.3) is 0 Å². The Morgan fingerprint density at radius 3 is 2.62 bits per heavy atom. The molecule has 2 atom stereocenters. The first kappa shape index (κ1) is 14.7. The zero-order valence-electron chi connectivity index (χ0n) is 14.6. The molecule has 3 aliphatic heterocycles. The Morgan fingerprint density at radius 1 is 0.962 bits per heavy atom. The van der Waals surface area contributed by atoms with Gasteiger partial charge in [-0.3, -0.25) is 0 Å². The van der Waals surface area contributed by atoms with E-state index in [9.17, 15) is 0 Å². The van der Waals surface area contributed by atoms with E-state index < -0.39 is 0 Å². The SMILES string of the molecule is c1cc2cc(-c3ccc(OC4[C@@H]5CC6C[C@@H]4CN(C6)C5)nn3)ccc2[nH]1. The van der Waals surface area contributed by atoms with Gasteiger partial charge in [-0.05, 0) is 43.0 Å². The molecule has 1 saturated carbocycles. The van der Waals surface area contributed by atoms with Crippen molar-refractivity contribution in [1.29, 1.82) is 0 Å². The quantitative estimate of drug-likeness (QED) is 0.790. The van der Waals surface area contributed by atoms with Crippen LogP contribution in [0.2, 0.25) is 0 Å². The summed E-state index contributed by atoms with van der Waals surface area (Å²) in [6, 6.07) is 12.4. The van der Waals surface area contributed by atoms with Crippen molar-refractivity contribution < 1.29 is 4.74 Å². The molecule has 0 spiro atoms. The Labute approximate surface area is 152 Å². The Balaban J connectivity index is 1.23. The molecular formula is C21H22N4O. The average Bonchev–Trinajstić information content (AvgIpc) is 3.12. The van der Waals surface area contributed by atoms with Crippen molar-refractivity contribution in [3.8, 4) is 17.1 Å². The van der Waals surface area contributed by atoms with E-state index in [1.54, 1.807) is 0 Å². The van der Waals surface area contributed by atoms with E-state index in [0.29, 0.717) is 23.8 Å². The van der Waals surface area contributed by atoms with Crippen molar-refractivity contribution in [3.63, 3.8) is 0 Å². The molecule has 1 aromatic carbocycles. The number of ether oxygens (including phenoxy) is 1. The normalized spacial score (nSPS) is 32.2. The van der Waals surface area contributed by atoms with Crippen molar-refractivity contribution >= 4 is 10.9 Å². The highest BCUT2D eigenvalue weighted by Gasteiger charge is 2.48. The van der Waals surface area contributed by atoms with Crippen LogP contribution in [0.1, 0.15) is 12.8 Å². The van der Waals surface area contributed by atoms with Crippen molar-refractivity contribution in [2.45, 2.75) is 18.9 Å². The third kappa shape index (κ3) is 2.34. The van der Waals surface area contributed by atoms with Crippen LogP contribution in [0.3, 0.4) is 0 Å². The highest BCUT2D eigenvalue weighted by atomic mass is 16.5. The van der Waals surface area contributed by atoms with E-state index in [1.165, 1.54) is 37.9 Å². The third-order valence-electron chi connectivity index (χ3n) is 6.45. The molecule has 0 amide bonds.